The standard InChI is InChI=1S/C19H14N2O/c22-13-14-5-6-15-7-8-21(12-17(15)9-14)19-11-20-10-16-3-1-2-4-18(16)19/h1-11,13H,12H2. The maximum atomic E-state index is 11.0. The van der Waals surface area contributed by atoms with Crippen molar-refractivity contribution in [2.75, 3.05) is 4.90 Å². The van der Waals surface area contributed by atoms with Crippen molar-refractivity contribution in [3.8, 4) is 0 Å². The van der Waals surface area contributed by atoms with Crippen molar-refractivity contribution in [3.05, 3.63) is 77.7 Å². The largest absolute Gasteiger partial charge is 0.342 e. The van der Waals surface area contributed by atoms with Gasteiger partial charge in [0, 0.05) is 35.3 Å². The second-order valence-electron chi connectivity index (χ2n) is 5.40. The number of anilines is 1. The fourth-order valence-corrected chi connectivity index (χ4v) is 2.90. The molecule has 1 aliphatic rings. The molecule has 2 aromatic carbocycles. The van der Waals surface area contributed by atoms with E-state index in [1.807, 2.05) is 42.7 Å². The van der Waals surface area contributed by atoms with E-state index in [-0.39, 0.29) is 0 Å². The fraction of sp³-hybridized carbons (Fsp3) is 0.0526. The Labute approximate surface area is 128 Å². The summed E-state index contributed by atoms with van der Waals surface area (Å²) in [7, 11) is 0. The normalized spacial score (nSPS) is 13.2. The Hall–Kier alpha value is -2.94. The van der Waals surface area contributed by atoms with Crippen LogP contribution in [-0.2, 0) is 6.54 Å². The third-order valence-corrected chi connectivity index (χ3v) is 4.03. The topological polar surface area (TPSA) is 33.2 Å². The first-order valence-corrected chi connectivity index (χ1v) is 7.21. The van der Waals surface area contributed by atoms with Gasteiger partial charge in [-0.1, -0.05) is 36.4 Å². The van der Waals surface area contributed by atoms with E-state index in [4.69, 9.17) is 0 Å². The van der Waals surface area contributed by atoms with Gasteiger partial charge in [0.1, 0.15) is 6.29 Å². The van der Waals surface area contributed by atoms with Crippen molar-refractivity contribution in [3.63, 3.8) is 0 Å². The molecule has 1 aromatic heterocycles. The number of nitrogens with zero attached hydrogens (tertiary/aromatic N) is 2. The van der Waals surface area contributed by atoms with Crippen LogP contribution in [-0.4, -0.2) is 11.3 Å². The average Bonchev–Trinajstić information content (AvgIpc) is 2.60. The van der Waals surface area contributed by atoms with Crippen LogP contribution in [0.15, 0.2) is 61.1 Å². The summed E-state index contributed by atoms with van der Waals surface area (Å²) in [6, 6.07) is 14.0. The van der Waals surface area contributed by atoms with Gasteiger partial charge in [0.25, 0.3) is 0 Å². The van der Waals surface area contributed by atoms with Crippen molar-refractivity contribution in [1.29, 1.82) is 0 Å². The summed E-state index contributed by atoms with van der Waals surface area (Å²) in [6.07, 6.45) is 8.82. The molecule has 2 heterocycles. The van der Waals surface area contributed by atoms with Gasteiger partial charge in [0.2, 0.25) is 0 Å². The molecule has 22 heavy (non-hydrogen) atoms. The minimum absolute atomic E-state index is 0.713. The highest BCUT2D eigenvalue weighted by atomic mass is 16.1. The Kier molecular flexibility index (Phi) is 2.97. The van der Waals surface area contributed by atoms with E-state index in [2.05, 4.69) is 34.3 Å². The van der Waals surface area contributed by atoms with E-state index in [1.165, 1.54) is 5.39 Å². The van der Waals surface area contributed by atoms with Crippen LogP contribution < -0.4 is 4.90 Å². The van der Waals surface area contributed by atoms with Crippen molar-refractivity contribution >= 4 is 28.8 Å². The van der Waals surface area contributed by atoms with Gasteiger partial charge in [-0.2, -0.15) is 0 Å². The lowest BCUT2D eigenvalue weighted by molar-refractivity contribution is 0.112. The summed E-state index contributed by atoms with van der Waals surface area (Å²) >= 11 is 0. The van der Waals surface area contributed by atoms with Crippen LogP contribution in [0.3, 0.4) is 0 Å². The van der Waals surface area contributed by atoms with Crippen LogP contribution in [0.1, 0.15) is 21.5 Å². The number of aromatic nitrogens is 1. The van der Waals surface area contributed by atoms with Crippen molar-refractivity contribution < 1.29 is 4.79 Å². The molecule has 0 spiro atoms. The highest BCUT2D eigenvalue weighted by molar-refractivity contribution is 5.94. The zero-order chi connectivity index (χ0) is 14.9. The van der Waals surface area contributed by atoms with Crippen LogP contribution >= 0.6 is 0 Å². The van der Waals surface area contributed by atoms with E-state index in [9.17, 15) is 4.79 Å². The number of aldehydes is 1. The summed E-state index contributed by atoms with van der Waals surface area (Å²) in [6.45, 7) is 0.739. The first kappa shape index (κ1) is 12.8. The van der Waals surface area contributed by atoms with E-state index < -0.39 is 0 Å². The molecular weight excluding hydrogens is 272 g/mol. The predicted molar refractivity (Wildman–Crippen MR) is 88.8 cm³/mol. The molecule has 3 nitrogen and oxygen atoms in total. The van der Waals surface area contributed by atoms with Gasteiger partial charge in [0.15, 0.2) is 0 Å². The van der Waals surface area contributed by atoms with Gasteiger partial charge in [-0.3, -0.25) is 9.78 Å². The molecule has 3 aromatic rings. The zero-order valence-electron chi connectivity index (χ0n) is 11.9. The molecule has 0 bridgehead atoms. The molecule has 0 atom stereocenters. The van der Waals surface area contributed by atoms with Gasteiger partial charge in [-0.15, -0.1) is 0 Å². The smallest absolute Gasteiger partial charge is 0.150 e. The Morgan fingerprint density at radius 3 is 2.91 bits per heavy atom. The van der Waals surface area contributed by atoms with E-state index in [0.717, 1.165) is 35.0 Å². The van der Waals surface area contributed by atoms with E-state index in [0.29, 0.717) is 5.56 Å². The molecule has 106 valence electrons. The summed E-state index contributed by atoms with van der Waals surface area (Å²) < 4.78 is 0. The summed E-state index contributed by atoms with van der Waals surface area (Å²) in [5.41, 5.74) is 4.11. The van der Waals surface area contributed by atoms with Gasteiger partial charge in [0.05, 0.1) is 11.9 Å². The quantitative estimate of drug-likeness (QED) is 0.667. The number of rotatable bonds is 2. The maximum Gasteiger partial charge on any atom is 0.150 e. The van der Waals surface area contributed by atoms with Crippen LogP contribution in [0.5, 0.6) is 0 Å². The van der Waals surface area contributed by atoms with Crippen LogP contribution in [0.4, 0.5) is 5.69 Å². The highest BCUT2D eigenvalue weighted by Gasteiger charge is 2.14. The Morgan fingerprint density at radius 2 is 2.00 bits per heavy atom. The monoisotopic (exact) mass is 286 g/mol. The van der Waals surface area contributed by atoms with Crippen molar-refractivity contribution in [1.82, 2.24) is 4.98 Å². The average molecular weight is 286 g/mol. The third-order valence-electron chi connectivity index (χ3n) is 4.03. The summed E-state index contributed by atoms with van der Waals surface area (Å²) in [4.78, 5) is 17.5. The first-order chi connectivity index (χ1) is 10.8. The zero-order valence-corrected chi connectivity index (χ0v) is 11.9. The molecule has 0 N–H and O–H groups in total. The number of hydrogen-bond donors (Lipinski definition) is 0. The molecule has 0 unspecified atom stereocenters. The minimum atomic E-state index is 0.713. The lowest BCUT2D eigenvalue weighted by Gasteiger charge is -2.26. The second kappa shape index (κ2) is 5.11. The second-order valence-corrected chi connectivity index (χ2v) is 5.40. The predicted octanol–water partition coefficient (Wildman–Crippen LogP) is 4.04. The highest BCUT2D eigenvalue weighted by Crippen LogP contribution is 2.30. The molecule has 0 saturated carbocycles. The molecule has 3 heteroatoms. The maximum absolute atomic E-state index is 11.0. The Bertz CT molecular complexity index is 894. The molecule has 0 aliphatic carbocycles. The summed E-state index contributed by atoms with van der Waals surface area (Å²) in [5.74, 6) is 0. The number of fused-ring (bicyclic) bond motifs is 2. The van der Waals surface area contributed by atoms with Crippen LogP contribution in [0.2, 0.25) is 0 Å². The number of hydrogen-bond acceptors (Lipinski definition) is 3. The Morgan fingerprint density at radius 1 is 1.09 bits per heavy atom. The van der Waals surface area contributed by atoms with Crippen molar-refractivity contribution in [2.24, 2.45) is 0 Å². The van der Waals surface area contributed by atoms with Crippen molar-refractivity contribution in [2.45, 2.75) is 6.54 Å². The van der Waals surface area contributed by atoms with Gasteiger partial charge < -0.3 is 4.90 Å². The molecule has 4 rings (SSSR count). The lowest BCUT2D eigenvalue weighted by atomic mass is 10.0. The Balaban J connectivity index is 1.79. The number of carbonyl (C=O) groups excluding carboxylic acids is 1. The number of carbonyl (C=O) groups is 1. The van der Waals surface area contributed by atoms with E-state index >= 15 is 0 Å². The number of pyridine rings is 1. The van der Waals surface area contributed by atoms with Gasteiger partial charge >= 0.3 is 0 Å². The minimum Gasteiger partial charge on any atom is -0.342 e. The molecule has 0 radical (unpaired) electrons. The molecular formula is C19H14N2O. The fourth-order valence-electron chi connectivity index (χ4n) is 2.90. The van der Waals surface area contributed by atoms with Gasteiger partial charge in [-0.05, 0) is 23.3 Å². The molecule has 0 amide bonds. The SMILES string of the molecule is O=Cc1ccc2c(c1)CN(c1cncc3ccccc13)C=C2. The van der Waals surface area contributed by atoms with E-state index in [1.54, 1.807) is 0 Å². The molecule has 0 fully saturated rings. The van der Waals surface area contributed by atoms with Crippen LogP contribution in [0, 0.1) is 0 Å². The van der Waals surface area contributed by atoms with Gasteiger partial charge in [-0.25, -0.2) is 0 Å². The number of benzene rings is 2. The first-order valence-electron chi connectivity index (χ1n) is 7.21. The third kappa shape index (κ3) is 2.07. The lowest BCUT2D eigenvalue weighted by Crippen LogP contribution is -2.19. The molecule has 1 aliphatic heterocycles. The molecule has 0 saturated heterocycles. The van der Waals surface area contributed by atoms with Crippen LogP contribution in [0.25, 0.3) is 16.8 Å². The summed E-state index contributed by atoms with van der Waals surface area (Å²) in [5, 5.41) is 2.30.